The Morgan fingerprint density at radius 3 is 1.61 bits per heavy atom. The van der Waals surface area contributed by atoms with Gasteiger partial charge in [-0.3, -0.25) is 0 Å². The molecule has 0 amide bonds. The molecule has 9 aliphatic rings. The zero-order chi connectivity index (χ0) is 55.4. The van der Waals surface area contributed by atoms with Gasteiger partial charge in [0.05, 0.1) is 38.6 Å². The van der Waals surface area contributed by atoms with Gasteiger partial charge >= 0.3 is 0 Å². The quantitative estimate of drug-likeness (QED) is 0.0732. The molecule has 9 rings (SSSR count). The van der Waals surface area contributed by atoms with Crippen LogP contribution in [0.2, 0.25) is 0 Å². The summed E-state index contributed by atoms with van der Waals surface area (Å²) < 4.78 is 49.1. The van der Waals surface area contributed by atoms with Gasteiger partial charge in [0.15, 0.2) is 25.2 Å². The highest BCUT2D eigenvalue weighted by Gasteiger charge is 2.70. The van der Waals surface area contributed by atoms with Crippen molar-refractivity contribution in [2.24, 2.45) is 50.2 Å². The molecule has 76 heavy (non-hydrogen) atoms. The number of ether oxygens (including phenoxy) is 8. The number of aliphatic hydroxyl groups excluding tert-OH is 14. The molecular weight excluding hydrogens is 1000 g/mol. The van der Waals surface area contributed by atoms with Gasteiger partial charge in [-0.05, 0) is 111 Å². The maximum Gasteiger partial charge on any atom is 0.187 e. The van der Waals surface area contributed by atoms with Crippen molar-refractivity contribution in [3.05, 3.63) is 11.6 Å². The van der Waals surface area contributed by atoms with E-state index in [1.165, 1.54) is 12.5 Å². The second kappa shape index (κ2) is 21.9. The van der Waals surface area contributed by atoms with Crippen molar-refractivity contribution in [1.29, 1.82) is 0 Å². The Labute approximate surface area is 444 Å². The number of rotatable bonds is 13. The van der Waals surface area contributed by atoms with Crippen molar-refractivity contribution in [2.75, 3.05) is 33.0 Å². The van der Waals surface area contributed by atoms with Gasteiger partial charge in [-0.1, -0.05) is 53.2 Å². The molecule has 4 saturated carbocycles. The molecule has 0 aromatic heterocycles. The van der Waals surface area contributed by atoms with E-state index in [1.54, 1.807) is 0 Å². The van der Waals surface area contributed by atoms with Gasteiger partial charge < -0.3 is 109 Å². The maximum atomic E-state index is 12.0. The number of hydrogen-bond donors (Lipinski definition) is 14. The van der Waals surface area contributed by atoms with Gasteiger partial charge in [-0.15, -0.1) is 0 Å². The molecule has 22 heteroatoms. The van der Waals surface area contributed by atoms with E-state index >= 15 is 0 Å². The lowest BCUT2D eigenvalue weighted by Gasteiger charge is -2.71. The van der Waals surface area contributed by atoms with Crippen molar-refractivity contribution in [3.8, 4) is 0 Å². The first kappa shape index (κ1) is 59.5. The van der Waals surface area contributed by atoms with Crippen molar-refractivity contribution < 1.29 is 109 Å². The van der Waals surface area contributed by atoms with E-state index in [2.05, 4.69) is 40.7 Å². The fraction of sp³-hybridized carbons (Fsp3) is 0.963. The van der Waals surface area contributed by atoms with Crippen LogP contribution in [0, 0.1) is 50.2 Å². The van der Waals surface area contributed by atoms with Crippen LogP contribution in [0.15, 0.2) is 11.6 Å². The smallest absolute Gasteiger partial charge is 0.187 e. The molecule has 0 aromatic rings. The van der Waals surface area contributed by atoms with Crippen LogP contribution in [0.25, 0.3) is 0 Å². The largest absolute Gasteiger partial charge is 0.396 e. The second-order valence-electron chi connectivity index (χ2n) is 26.2. The SMILES string of the molecule is C[C@H]1O[C@@H](O[C@H]2CC[C@@]3(C)[C@@H](CC[C@]4(C)[C@@H]3CC=C3[C@@H]5CC(C)(C)CC[C@]5(CO)CC[C@]34C)[C@]2(C)CO)[C@H](O[C@@H]2O[C@H](CO)[C@@H](O)[C@H](O)[C@H]2O)[C@@H](O[C@@H]2O[C@H](CO)[C@@H](O[C@@H]3O[C@H](CO)[C@@H](O)[C@H](O)[C@H]3O)[C@H](O)[C@H]2O)[C@H]1O. The lowest BCUT2D eigenvalue weighted by Crippen LogP contribution is -2.68. The third kappa shape index (κ3) is 9.61. The summed E-state index contributed by atoms with van der Waals surface area (Å²) in [6, 6.07) is 0. The molecule has 0 aromatic carbocycles. The van der Waals surface area contributed by atoms with Gasteiger partial charge in [0.2, 0.25) is 0 Å². The molecule has 0 unspecified atom stereocenters. The van der Waals surface area contributed by atoms with Crippen LogP contribution in [0.3, 0.4) is 0 Å². The predicted octanol–water partition coefficient (Wildman–Crippen LogP) is -1.56. The van der Waals surface area contributed by atoms with Crippen molar-refractivity contribution >= 4 is 0 Å². The Morgan fingerprint density at radius 2 is 1.04 bits per heavy atom. The average Bonchev–Trinajstić information content (AvgIpc) is 3.56. The first-order valence-corrected chi connectivity index (χ1v) is 27.8. The van der Waals surface area contributed by atoms with Crippen molar-refractivity contribution in [3.63, 3.8) is 0 Å². The van der Waals surface area contributed by atoms with Gasteiger partial charge in [0.1, 0.15) is 91.6 Å². The molecular formula is C54H90O22. The van der Waals surface area contributed by atoms with E-state index in [-0.39, 0.29) is 52.1 Å². The van der Waals surface area contributed by atoms with Crippen LogP contribution in [-0.4, -0.2) is 233 Å². The molecule has 22 nitrogen and oxygen atoms in total. The van der Waals surface area contributed by atoms with E-state index in [0.717, 1.165) is 51.4 Å². The third-order valence-corrected chi connectivity index (χ3v) is 21.7. The maximum absolute atomic E-state index is 12.0. The van der Waals surface area contributed by atoms with E-state index in [4.69, 9.17) is 37.9 Å². The number of fused-ring (bicyclic) bond motifs is 7. The van der Waals surface area contributed by atoms with E-state index in [0.29, 0.717) is 18.8 Å². The van der Waals surface area contributed by atoms with E-state index < -0.39 is 154 Å². The van der Waals surface area contributed by atoms with E-state index in [9.17, 15) is 71.5 Å². The number of aliphatic hydroxyl groups is 14. The lowest BCUT2D eigenvalue weighted by atomic mass is 9.33. The van der Waals surface area contributed by atoms with Crippen LogP contribution in [-0.2, 0) is 37.9 Å². The number of allylic oxidation sites excluding steroid dienone is 2. The topological polar surface area (TPSA) is 357 Å². The van der Waals surface area contributed by atoms with Crippen molar-refractivity contribution in [1.82, 2.24) is 0 Å². The molecule has 5 aliphatic carbocycles. The Balaban J connectivity index is 0.992. The summed E-state index contributed by atoms with van der Waals surface area (Å²) in [6.07, 6.45) is -23.6. The van der Waals surface area contributed by atoms with Crippen molar-refractivity contribution in [2.45, 2.75) is 242 Å². The second-order valence-corrected chi connectivity index (χ2v) is 26.2. The molecule has 0 spiro atoms. The highest BCUT2D eigenvalue weighted by molar-refractivity contribution is 5.34. The minimum Gasteiger partial charge on any atom is -0.396 e. The summed E-state index contributed by atoms with van der Waals surface area (Å²) in [5.41, 5.74) is 0.255. The Kier molecular flexibility index (Phi) is 17.1. The summed E-state index contributed by atoms with van der Waals surface area (Å²) >= 11 is 0. The molecule has 4 saturated heterocycles. The summed E-state index contributed by atoms with van der Waals surface area (Å²) in [6.45, 7) is 13.0. The highest BCUT2D eigenvalue weighted by atomic mass is 16.8. The normalized spacial score (nSPS) is 55.4. The van der Waals surface area contributed by atoms with Gasteiger partial charge in [0.25, 0.3) is 0 Å². The molecule has 14 N–H and O–H groups in total. The summed E-state index contributed by atoms with van der Waals surface area (Å²) in [4.78, 5) is 0. The molecule has 29 atom stereocenters. The lowest BCUT2D eigenvalue weighted by molar-refractivity contribution is -0.403. The fourth-order valence-corrected chi connectivity index (χ4v) is 16.6. The molecule has 0 bridgehead atoms. The van der Waals surface area contributed by atoms with Gasteiger partial charge in [-0.2, -0.15) is 0 Å². The molecule has 4 aliphatic heterocycles. The van der Waals surface area contributed by atoms with Crippen LogP contribution in [0.1, 0.15) is 113 Å². The predicted molar refractivity (Wildman–Crippen MR) is 263 cm³/mol. The minimum atomic E-state index is -2.05. The monoisotopic (exact) mass is 1090 g/mol. The minimum absolute atomic E-state index is 0.0570. The van der Waals surface area contributed by atoms with E-state index in [1.807, 2.05) is 6.92 Å². The first-order valence-electron chi connectivity index (χ1n) is 27.8. The Hall–Kier alpha value is -1.14. The zero-order valence-electron chi connectivity index (χ0n) is 45.1. The fourth-order valence-electron chi connectivity index (χ4n) is 16.6. The summed E-state index contributed by atoms with van der Waals surface area (Å²) in [7, 11) is 0. The van der Waals surface area contributed by atoms with Crippen LogP contribution >= 0.6 is 0 Å². The van der Waals surface area contributed by atoms with Crippen LogP contribution < -0.4 is 0 Å². The van der Waals surface area contributed by atoms with Crippen LogP contribution in [0.4, 0.5) is 0 Å². The van der Waals surface area contributed by atoms with Crippen LogP contribution in [0.5, 0.6) is 0 Å². The molecule has 8 fully saturated rings. The first-order chi connectivity index (χ1) is 35.7. The average molecular weight is 1090 g/mol. The number of hydrogen-bond acceptors (Lipinski definition) is 22. The Bertz CT molecular complexity index is 2030. The molecule has 4 heterocycles. The highest BCUT2D eigenvalue weighted by Crippen LogP contribution is 2.76. The Morgan fingerprint density at radius 1 is 0.500 bits per heavy atom. The summed E-state index contributed by atoms with van der Waals surface area (Å²) in [5, 5.41) is 152. The third-order valence-electron chi connectivity index (χ3n) is 21.7. The van der Waals surface area contributed by atoms with Gasteiger partial charge in [0, 0.05) is 17.4 Å². The molecule has 438 valence electrons. The molecule has 0 radical (unpaired) electrons. The zero-order valence-corrected chi connectivity index (χ0v) is 45.1. The standard InChI is InChI=1S/C54H90O22/c1-24-33(60)43(75-47-41(68)38(65)42(29(21-57)72-47)74-45-39(66)36(63)34(61)27(19-55)70-45)44(76-46-40(67)37(64)35(62)28(20-56)71-46)48(69-24)73-32-11-12-50(4)30(51(32,5)22-58)10-13-53(7)31(50)9-8-25-26-18-49(2,3)14-16-54(26,23-59)17-15-52(25,53)6/h8,24,26-48,55-68H,9-23H2,1-7H3/t24-,26+,27-,28-,29-,30-,31-,32+,33+,34-,35-,36+,37+,38-,39-,40-,41-,42-,43+,44-,45+,46+,47+,48+,50+,51+,52-,53-,54-/m1/s1. The van der Waals surface area contributed by atoms with Gasteiger partial charge in [-0.25, -0.2) is 0 Å². The summed E-state index contributed by atoms with van der Waals surface area (Å²) in [5.74, 6) is 0.502.